The van der Waals surface area contributed by atoms with Crippen LogP contribution in [0.3, 0.4) is 0 Å². The van der Waals surface area contributed by atoms with Crippen LogP contribution in [0.5, 0.6) is 5.75 Å². The summed E-state index contributed by atoms with van der Waals surface area (Å²) in [5.41, 5.74) is 5.37. The maximum atomic E-state index is 13.4. The Labute approximate surface area is 216 Å². The van der Waals surface area contributed by atoms with E-state index >= 15 is 0 Å². The first-order chi connectivity index (χ1) is 17.8. The van der Waals surface area contributed by atoms with Gasteiger partial charge in [-0.2, -0.15) is 0 Å². The Bertz CT molecular complexity index is 1310. The lowest BCUT2D eigenvalue weighted by atomic mass is 9.91. The van der Waals surface area contributed by atoms with Gasteiger partial charge in [0.2, 0.25) is 0 Å². The molecule has 3 aromatic rings. The fraction of sp³-hybridized carbons (Fsp3) is 0.500. The molecule has 196 valence electrons. The second-order valence-corrected chi connectivity index (χ2v) is 10.7. The van der Waals surface area contributed by atoms with E-state index in [-0.39, 0.29) is 18.0 Å². The van der Waals surface area contributed by atoms with E-state index in [4.69, 9.17) is 9.84 Å². The predicted octanol–water partition coefficient (Wildman–Crippen LogP) is 5.15. The Morgan fingerprint density at radius 2 is 1.78 bits per heavy atom. The molecule has 9 heteroatoms. The molecule has 1 aromatic carbocycles. The van der Waals surface area contributed by atoms with Gasteiger partial charge < -0.3 is 25.5 Å². The number of aryl methyl sites for hydroxylation is 1. The summed E-state index contributed by atoms with van der Waals surface area (Å²) in [5, 5.41) is 14.6. The third-order valence-corrected chi connectivity index (χ3v) is 7.49. The fourth-order valence-corrected chi connectivity index (χ4v) is 5.13. The molecule has 2 heterocycles. The number of nitrogens with one attached hydrogen (secondary N) is 3. The third kappa shape index (κ3) is 5.55. The van der Waals surface area contributed by atoms with Crippen molar-refractivity contribution >= 4 is 23.0 Å². The molecule has 4 N–H and O–H groups in total. The number of carbonyl (C=O) groups excluding carboxylic acids is 1. The summed E-state index contributed by atoms with van der Waals surface area (Å²) in [5.74, 6) is 1.59. The highest BCUT2D eigenvalue weighted by Crippen LogP contribution is 2.38. The molecule has 2 fully saturated rings. The quantitative estimate of drug-likeness (QED) is 0.335. The van der Waals surface area contributed by atoms with E-state index in [0.29, 0.717) is 42.4 Å². The topological polar surface area (TPSA) is 129 Å². The lowest BCUT2D eigenvalue weighted by molar-refractivity contribution is 0.0924. The zero-order valence-corrected chi connectivity index (χ0v) is 21.6. The lowest BCUT2D eigenvalue weighted by Crippen LogP contribution is -2.43. The number of hydrogen-bond donors (Lipinski definition) is 4. The summed E-state index contributed by atoms with van der Waals surface area (Å²) >= 11 is 0. The number of carboxylic acid groups (broad SMARTS) is 1. The Balaban J connectivity index is 1.43. The molecule has 0 unspecified atom stereocenters. The average Bonchev–Trinajstić information content (AvgIpc) is 3.63. The predicted molar refractivity (Wildman–Crippen MR) is 141 cm³/mol. The molecule has 0 aliphatic heterocycles. The molecule has 0 spiro atoms. The van der Waals surface area contributed by atoms with Crippen LogP contribution in [0.15, 0.2) is 24.5 Å². The first-order valence-electron chi connectivity index (χ1n) is 13.2. The van der Waals surface area contributed by atoms with Crippen LogP contribution in [0, 0.1) is 12.8 Å². The SMILES string of the molecule is Cc1[nH]c2c(-c3cc(C(C)C)ccc3OCC3CC3)ncnc2c1C(=O)N[C@H]1CC[C@@H](NC(=O)O)CC1. The van der Waals surface area contributed by atoms with Crippen LogP contribution in [-0.2, 0) is 0 Å². The number of carbonyl (C=O) groups is 2. The van der Waals surface area contributed by atoms with Gasteiger partial charge in [0.15, 0.2) is 0 Å². The molecule has 9 nitrogen and oxygen atoms in total. The fourth-order valence-electron chi connectivity index (χ4n) is 5.13. The van der Waals surface area contributed by atoms with Crippen molar-refractivity contribution in [3.05, 3.63) is 41.3 Å². The van der Waals surface area contributed by atoms with Crippen LogP contribution in [0.4, 0.5) is 4.79 Å². The molecule has 2 amide bonds. The van der Waals surface area contributed by atoms with Gasteiger partial charge in [-0.05, 0) is 75.0 Å². The number of amides is 2. The van der Waals surface area contributed by atoms with Gasteiger partial charge in [-0.1, -0.05) is 19.9 Å². The first-order valence-corrected chi connectivity index (χ1v) is 13.2. The van der Waals surface area contributed by atoms with Crippen molar-refractivity contribution in [3.63, 3.8) is 0 Å². The van der Waals surface area contributed by atoms with Gasteiger partial charge in [0.1, 0.15) is 23.3 Å². The van der Waals surface area contributed by atoms with Crippen molar-refractivity contribution in [2.75, 3.05) is 6.61 Å². The minimum absolute atomic E-state index is 0.00449. The highest BCUT2D eigenvalue weighted by Gasteiger charge is 2.27. The third-order valence-electron chi connectivity index (χ3n) is 7.49. The van der Waals surface area contributed by atoms with Gasteiger partial charge in [0.05, 0.1) is 17.7 Å². The van der Waals surface area contributed by atoms with Crippen LogP contribution < -0.4 is 15.4 Å². The second-order valence-electron chi connectivity index (χ2n) is 10.7. The highest BCUT2D eigenvalue weighted by molar-refractivity contribution is 6.09. The summed E-state index contributed by atoms with van der Waals surface area (Å²) in [6, 6.07) is 6.20. The van der Waals surface area contributed by atoms with Gasteiger partial charge >= 0.3 is 6.09 Å². The summed E-state index contributed by atoms with van der Waals surface area (Å²) in [7, 11) is 0. The number of rotatable bonds is 8. The van der Waals surface area contributed by atoms with E-state index in [1.54, 1.807) is 0 Å². The number of nitrogens with zero attached hydrogens (tertiary/aromatic N) is 2. The van der Waals surface area contributed by atoms with Crippen molar-refractivity contribution in [3.8, 4) is 17.0 Å². The maximum absolute atomic E-state index is 13.4. The van der Waals surface area contributed by atoms with Gasteiger partial charge in [0, 0.05) is 23.3 Å². The van der Waals surface area contributed by atoms with E-state index in [1.165, 1.54) is 24.7 Å². The van der Waals surface area contributed by atoms with Crippen LogP contribution in [0.25, 0.3) is 22.3 Å². The molecule has 0 radical (unpaired) electrons. The second kappa shape index (κ2) is 10.4. The van der Waals surface area contributed by atoms with Gasteiger partial charge in [-0.15, -0.1) is 0 Å². The number of benzene rings is 1. The molecule has 2 aliphatic carbocycles. The molecular weight excluding hydrogens is 470 g/mol. The number of ether oxygens (including phenoxy) is 1. The highest BCUT2D eigenvalue weighted by atomic mass is 16.5. The van der Waals surface area contributed by atoms with E-state index < -0.39 is 6.09 Å². The zero-order chi connectivity index (χ0) is 26.1. The summed E-state index contributed by atoms with van der Waals surface area (Å²) in [6.07, 6.45) is 5.78. The molecule has 0 bridgehead atoms. The minimum atomic E-state index is -1.00. The largest absolute Gasteiger partial charge is 0.493 e. The normalized spacial score (nSPS) is 19.7. The van der Waals surface area contributed by atoms with Crippen molar-refractivity contribution in [1.29, 1.82) is 0 Å². The number of aromatic nitrogens is 3. The molecule has 2 aliphatic rings. The summed E-state index contributed by atoms with van der Waals surface area (Å²) in [4.78, 5) is 36.8. The van der Waals surface area contributed by atoms with Crippen molar-refractivity contribution < 1.29 is 19.4 Å². The van der Waals surface area contributed by atoms with E-state index in [1.807, 2.05) is 13.0 Å². The van der Waals surface area contributed by atoms with Gasteiger partial charge in [-0.25, -0.2) is 14.8 Å². The average molecular weight is 506 g/mol. The molecule has 37 heavy (non-hydrogen) atoms. The van der Waals surface area contributed by atoms with Gasteiger partial charge in [0.25, 0.3) is 5.91 Å². The summed E-state index contributed by atoms with van der Waals surface area (Å²) < 4.78 is 6.22. The number of fused-ring (bicyclic) bond motifs is 1. The Kier molecular flexibility index (Phi) is 7.04. The molecule has 5 rings (SSSR count). The Morgan fingerprint density at radius 1 is 1.08 bits per heavy atom. The van der Waals surface area contributed by atoms with Crippen molar-refractivity contribution in [2.45, 2.75) is 77.3 Å². The molecule has 0 atom stereocenters. The molecule has 0 saturated heterocycles. The van der Waals surface area contributed by atoms with Crippen LogP contribution in [0.2, 0.25) is 0 Å². The van der Waals surface area contributed by atoms with Crippen molar-refractivity contribution in [1.82, 2.24) is 25.6 Å². The molecule has 2 saturated carbocycles. The first kappa shape index (κ1) is 25.0. The standard InChI is InChI=1S/C28H35N5O4/c1-15(2)18-6-11-22(37-13-17-4-5-17)21(12-18)24-26-25(30-14-29-24)23(16(3)31-26)27(34)32-19-7-9-20(10-8-19)33-28(35)36/h6,11-12,14-15,17,19-20,31,33H,4-5,7-10,13H2,1-3H3,(H,32,34)(H,35,36)/t19-,20+. The van der Waals surface area contributed by atoms with Crippen molar-refractivity contribution in [2.24, 2.45) is 5.92 Å². The Hall–Kier alpha value is -3.62. The van der Waals surface area contributed by atoms with Crippen LogP contribution in [-0.4, -0.2) is 50.7 Å². The lowest BCUT2D eigenvalue weighted by Gasteiger charge is -2.28. The smallest absolute Gasteiger partial charge is 0.404 e. The van der Waals surface area contributed by atoms with Crippen LogP contribution in [0.1, 0.15) is 79.9 Å². The van der Waals surface area contributed by atoms with Crippen LogP contribution >= 0.6 is 0 Å². The molecule has 2 aromatic heterocycles. The summed E-state index contributed by atoms with van der Waals surface area (Å²) in [6.45, 7) is 6.89. The maximum Gasteiger partial charge on any atom is 0.404 e. The number of hydrogen-bond acceptors (Lipinski definition) is 5. The number of H-pyrrole nitrogens is 1. The van der Waals surface area contributed by atoms with E-state index in [0.717, 1.165) is 41.1 Å². The van der Waals surface area contributed by atoms with E-state index in [9.17, 15) is 9.59 Å². The van der Waals surface area contributed by atoms with E-state index in [2.05, 4.69) is 51.6 Å². The van der Waals surface area contributed by atoms with Gasteiger partial charge in [-0.3, -0.25) is 4.79 Å². The zero-order valence-electron chi connectivity index (χ0n) is 21.6. The minimum Gasteiger partial charge on any atom is -0.493 e. The monoisotopic (exact) mass is 505 g/mol. The molecular formula is C28H35N5O4. The Morgan fingerprint density at radius 3 is 2.43 bits per heavy atom. The number of aromatic amines is 1.